The number of rotatable bonds is 14. The van der Waals surface area contributed by atoms with Crippen LogP contribution >= 0.6 is 11.8 Å². The fourth-order valence-corrected chi connectivity index (χ4v) is 3.12. The molecule has 0 saturated carbocycles. The number of nitrogen functional groups attached to an aromatic ring is 1. The van der Waals surface area contributed by atoms with Gasteiger partial charge >= 0.3 is 0 Å². The van der Waals surface area contributed by atoms with Gasteiger partial charge in [0, 0.05) is 36.6 Å². The molecule has 0 aromatic heterocycles. The van der Waals surface area contributed by atoms with E-state index in [4.69, 9.17) is 11.1 Å². The highest BCUT2D eigenvalue weighted by Crippen LogP contribution is 2.11. The van der Waals surface area contributed by atoms with E-state index in [1.165, 1.54) is 11.8 Å². The van der Waals surface area contributed by atoms with Gasteiger partial charge in [-0.3, -0.25) is 19.8 Å². The van der Waals surface area contributed by atoms with E-state index in [9.17, 15) is 14.4 Å². The van der Waals surface area contributed by atoms with E-state index in [1.807, 2.05) is 25.3 Å². The number of nitrogens with one attached hydrogen (secondary N) is 3. The molecular formula is C21H33N5O3S. The van der Waals surface area contributed by atoms with Crippen LogP contribution in [0.5, 0.6) is 0 Å². The van der Waals surface area contributed by atoms with E-state index in [1.54, 1.807) is 24.3 Å². The van der Waals surface area contributed by atoms with Crippen LogP contribution in [0.4, 0.5) is 5.69 Å². The maximum absolute atomic E-state index is 12.2. The zero-order valence-electron chi connectivity index (χ0n) is 18.0. The summed E-state index contributed by atoms with van der Waals surface area (Å²) in [6.45, 7) is 0.823. The first-order valence-electron chi connectivity index (χ1n) is 9.90. The summed E-state index contributed by atoms with van der Waals surface area (Å²) in [6, 6.07) is 6.60. The van der Waals surface area contributed by atoms with Crippen LogP contribution in [-0.2, 0) is 14.4 Å². The van der Waals surface area contributed by atoms with Crippen molar-refractivity contribution in [1.82, 2.24) is 10.2 Å². The molecule has 0 saturated heterocycles. The Labute approximate surface area is 182 Å². The van der Waals surface area contributed by atoms with Crippen LogP contribution < -0.4 is 16.4 Å². The van der Waals surface area contributed by atoms with E-state index < -0.39 is 0 Å². The molecule has 1 unspecified atom stereocenters. The van der Waals surface area contributed by atoms with Gasteiger partial charge in [0.25, 0.3) is 0 Å². The van der Waals surface area contributed by atoms with E-state index in [0.717, 1.165) is 13.0 Å². The van der Waals surface area contributed by atoms with Crippen molar-refractivity contribution in [3.63, 3.8) is 0 Å². The highest BCUT2D eigenvalue weighted by Gasteiger charge is 2.15. The Morgan fingerprint density at radius 3 is 2.30 bits per heavy atom. The monoisotopic (exact) mass is 435 g/mol. The second kappa shape index (κ2) is 13.8. The predicted molar refractivity (Wildman–Crippen MR) is 123 cm³/mol. The van der Waals surface area contributed by atoms with E-state index in [-0.39, 0.29) is 42.3 Å². The Bertz CT molecular complexity index is 722. The van der Waals surface area contributed by atoms with Gasteiger partial charge in [0.2, 0.25) is 11.8 Å². The lowest BCUT2D eigenvalue weighted by Gasteiger charge is -2.20. The van der Waals surface area contributed by atoms with E-state index in [0.29, 0.717) is 29.8 Å². The molecule has 5 N–H and O–H groups in total. The maximum atomic E-state index is 12.2. The Balaban J connectivity index is 2.41. The van der Waals surface area contributed by atoms with Crippen molar-refractivity contribution < 1.29 is 14.4 Å². The van der Waals surface area contributed by atoms with Crippen LogP contribution in [0.2, 0.25) is 0 Å². The van der Waals surface area contributed by atoms with Gasteiger partial charge in [0.05, 0.1) is 5.75 Å². The zero-order valence-corrected chi connectivity index (χ0v) is 18.8. The summed E-state index contributed by atoms with van der Waals surface area (Å²) in [6.07, 6.45) is 3.82. The molecule has 1 aromatic carbocycles. The lowest BCUT2D eigenvalue weighted by molar-refractivity contribution is -0.123. The van der Waals surface area contributed by atoms with Gasteiger partial charge in [0.15, 0.2) is 0 Å². The number of nitrogens with two attached hydrogens (primary N) is 1. The molecule has 166 valence electrons. The van der Waals surface area contributed by atoms with Crippen LogP contribution in [0.25, 0.3) is 0 Å². The fourth-order valence-electron chi connectivity index (χ4n) is 2.77. The van der Waals surface area contributed by atoms with Crippen LogP contribution in [0.1, 0.15) is 37.7 Å². The molecule has 0 spiro atoms. The van der Waals surface area contributed by atoms with Crippen molar-refractivity contribution >= 4 is 40.9 Å². The maximum Gasteiger partial charge on any atom is 0.230 e. The van der Waals surface area contributed by atoms with Crippen LogP contribution in [0.3, 0.4) is 0 Å². The number of carbonyl (C=O) groups is 3. The first-order valence-corrected chi connectivity index (χ1v) is 11.3. The predicted octanol–water partition coefficient (Wildman–Crippen LogP) is 1.84. The number of benzene rings is 1. The van der Waals surface area contributed by atoms with Gasteiger partial charge in [-0.05, 0) is 64.0 Å². The van der Waals surface area contributed by atoms with E-state index >= 15 is 0 Å². The summed E-state index contributed by atoms with van der Waals surface area (Å²) in [4.78, 5) is 38.2. The number of hydrogen-bond acceptors (Lipinski definition) is 6. The van der Waals surface area contributed by atoms with Crippen LogP contribution in [0, 0.1) is 5.41 Å². The Morgan fingerprint density at radius 1 is 1.07 bits per heavy atom. The van der Waals surface area contributed by atoms with Gasteiger partial charge in [-0.15, -0.1) is 0 Å². The number of anilines is 1. The third kappa shape index (κ3) is 11.0. The lowest BCUT2D eigenvalue weighted by atomic mass is 10.0. The van der Waals surface area contributed by atoms with Gasteiger partial charge in [-0.2, -0.15) is 11.8 Å². The number of thioether (sulfide) groups is 1. The van der Waals surface area contributed by atoms with Gasteiger partial charge < -0.3 is 21.3 Å². The number of carbonyl (C=O) groups excluding carboxylic acids is 3. The molecule has 0 aliphatic rings. The number of Topliss-reactive ketones (excluding diaryl/α,β-unsaturated/α-hetero) is 1. The molecule has 8 nitrogen and oxygen atoms in total. The number of amides is 2. The zero-order chi connectivity index (χ0) is 22.5. The standard InChI is InChI=1S/C21H33N5O3S/c1-26(2)13-12-17(25-20(29)14-30-3)8-9-18(27)10-11-19(28)24-16-6-4-15(5-7-16)21(22)23/h4-7,17H,8-14H2,1-3H3,(H3,22,23)(H,24,28)(H,25,29). The summed E-state index contributed by atoms with van der Waals surface area (Å²) in [5.74, 6) is 0.114. The topological polar surface area (TPSA) is 128 Å². The Kier molecular flexibility index (Phi) is 11.8. The molecule has 0 radical (unpaired) electrons. The minimum absolute atomic E-state index is 0.00560. The summed E-state index contributed by atoms with van der Waals surface area (Å²) < 4.78 is 0. The summed E-state index contributed by atoms with van der Waals surface area (Å²) in [7, 11) is 3.94. The third-order valence-electron chi connectivity index (χ3n) is 4.45. The largest absolute Gasteiger partial charge is 0.384 e. The first kappa shape index (κ1) is 25.6. The second-order valence-electron chi connectivity index (χ2n) is 7.41. The lowest BCUT2D eigenvalue weighted by Crippen LogP contribution is -2.38. The summed E-state index contributed by atoms with van der Waals surface area (Å²) in [5.41, 5.74) is 6.58. The minimum atomic E-state index is -0.239. The molecule has 0 heterocycles. The molecule has 2 amide bonds. The number of hydrogen-bond donors (Lipinski definition) is 4. The molecule has 0 bridgehead atoms. The number of nitrogens with zero attached hydrogens (tertiary/aromatic N) is 1. The van der Waals surface area contributed by atoms with E-state index in [2.05, 4.69) is 10.6 Å². The van der Waals surface area contributed by atoms with Crippen molar-refractivity contribution in [2.24, 2.45) is 5.73 Å². The molecule has 1 rings (SSSR count). The van der Waals surface area contributed by atoms with Crippen molar-refractivity contribution in [3.05, 3.63) is 29.8 Å². The quantitative estimate of drug-likeness (QED) is 0.261. The number of amidine groups is 1. The Morgan fingerprint density at radius 2 is 1.73 bits per heavy atom. The third-order valence-corrected chi connectivity index (χ3v) is 5.00. The molecule has 1 aromatic rings. The fraction of sp³-hybridized carbons (Fsp3) is 0.524. The van der Waals surface area contributed by atoms with Crippen molar-refractivity contribution in [2.45, 2.75) is 38.1 Å². The first-order chi connectivity index (χ1) is 14.2. The van der Waals surface area contributed by atoms with Gasteiger partial charge in [-0.25, -0.2) is 0 Å². The van der Waals surface area contributed by atoms with Crippen molar-refractivity contribution in [2.75, 3.05) is 38.0 Å². The molecule has 1 atom stereocenters. The minimum Gasteiger partial charge on any atom is -0.384 e. The van der Waals surface area contributed by atoms with Gasteiger partial charge in [-0.1, -0.05) is 0 Å². The number of ketones is 1. The highest BCUT2D eigenvalue weighted by atomic mass is 32.2. The average Bonchev–Trinajstić information content (AvgIpc) is 2.69. The summed E-state index contributed by atoms with van der Waals surface area (Å²) >= 11 is 1.46. The molecular weight excluding hydrogens is 402 g/mol. The molecule has 0 aliphatic carbocycles. The Hall–Kier alpha value is -2.39. The van der Waals surface area contributed by atoms with Gasteiger partial charge in [0.1, 0.15) is 11.6 Å². The molecule has 0 aliphatic heterocycles. The smallest absolute Gasteiger partial charge is 0.230 e. The van der Waals surface area contributed by atoms with Crippen molar-refractivity contribution in [1.29, 1.82) is 5.41 Å². The SMILES string of the molecule is CSCC(=O)NC(CCC(=O)CCC(=O)Nc1ccc(C(=N)N)cc1)CCN(C)C. The van der Waals surface area contributed by atoms with Crippen LogP contribution in [0.15, 0.2) is 24.3 Å². The average molecular weight is 436 g/mol. The normalized spacial score (nSPS) is 11.7. The molecule has 30 heavy (non-hydrogen) atoms. The molecule has 9 heteroatoms. The second-order valence-corrected chi connectivity index (χ2v) is 8.27. The highest BCUT2D eigenvalue weighted by molar-refractivity contribution is 7.99. The van der Waals surface area contributed by atoms with Crippen LogP contribution in [-0.4, -0.2) is 67.0 Å². The van der Waals surface area contributed by atoms with Crippen molar-refractivity contribution in [3.8, 4) is 0 Å². The molecule has 0 fully saturated rings. The summed E-state index contributed by atoms with van der Waals surface area (Å²) in [5, 5.41) is 13.1.